The van der Waals surface area contributed by atoms with Crippen LogP contribution >= 0.6 is 24.8 Å². The summed E-state index contributed by atoms with van der Waals surface area (Å²) in [5.41, 5.74) is 2.58. The van der Waals surface area contributed by atoms with Crippen molar-refractivity contribution in [3.05, 3.63) is 59.7 Å². The van der Waals surface area contributed by atoms with Gasteiger partial charge >= 0.3 is 0 Å². The molecule has 0 aliphatic rings. The largest absolute Gasteiger partial charge is 0.494 e. The molecule has 2 nitrogen and oxygen atoms in total. The van der Waals surface area contributed by atoms with Gasteiger partial charge in [0.05, 0.1) is 13.2 Å². The molecule has 0 saturated carbocycles. The third-order valence-electron chi connectivity index (χ3n) is 2.90. The van der Waals surface area contributed by atoms with Crippen molar-refractivity contribution in [1.29, 1.82) is 0 Å². The molecule has 2 rings (SSSR count). The van der Waals surface area contributed by atoms with E-state index in [0.29, 0.717) is 13.2 Å². The lowest BCUT2D eigenvalue weighted by Crippen LogP contribution is -2.01. The second-order valence-electron chi connectivity index (χ2n) is 4.49. The van der Waals surface area contributed by atoms with Gasteiger partial charge in [-0.05, 0) is 31.5 Å². The standard InChI is InChI=1S/C17H20O2.2ClH/c1-3-18-16-5-4-6-17(13-16)19-12-11-15-9-7-14(2)8-10-15;;/h4-10,13H,3,11-12H2,1-2H3;2*1H. The van der Waals surface area contributed by atoms with Crippen LogP contribution in [0.2, 0.25) is 0 Å². The third kappa shape index (κ3) is 6.74. The molecule has 0 aliphatic heterocycles. The Morgan fingerprint density at radius 1 is 0.857 bits per heavy atom. The summed E-state index contributed by atoms with van der Waals surface area (Å²) in [6, 6.07) is 16.3. The van der Waals surface area contributed by atoms with Crippen molar-refractivity contribution >= 4 is 24.8 Å². The van der Waals surface area contributed by atoms with Gasteiger partial charge in [-0.15, -0.1) is 24.8 Å². The first-order valence-electron chi connectivity index (χ1n) is 6.69. The van der Waals surface area contributed by atoms with Crippen molar-refractivity contribution in [2.24, 2.45) is 0 Å². The van der Waals surface area contributed by atoms with Crippen LogP contribution in [0.4, 0.5) is 0 Å². The summed E-state index contributed by atoms with van der Waals surface area (Å²) in [4.78, 5) is 0. The minimum atomic E-state index is 0. The molecule has 0 radical (unpaired) electrons. The summed E-state index contributed by atoms with van der Waals surface area (Å²) in [6.45, 7) is 5.43. The molecule has 2 aromatic rings. The molecule has 116 valence electrons. The van der Waals surface area contributed by atoms with Gasteiger partial charge in [0, 0.05) is 12.5 Å². The summed E-state index contributed by atoms with van der Waals surface area (Å²) in [6.07, 6.45) is 0.916. The molecular formula is C17H22Cl2O2. The maximum absolute atomic E-state index is 5.75. The summed E-state index contributed by atoms with van der Waals surface area (Å²) in [5, 5.41) is 0. The fourth-order valence-corrected chi connectivity index (χ4v) is 1.86. The molecule has 0 aliphatic carbocycles. The van der Waals surface area contributed by atoms with Crippen LogP contribution < -0.4 is 9.47 Å². The lowest BCUT2D eigenvalue weighted by molar-refractivity contribution is 0.312. The van der Waals surface area contributed by atoms with Gasteiger partial charge in [-0.3, -0.25) is 0 Å². The van der Waals surface area contributed by atoms with Crippen LogP contribution in [0.5, 0.6) is 11.5 Å². The predicted molar refractivity (Wildman–Crippen MR) is 92.5 cm³/mol. The van der Waals surface area contributed by atoms with Gasteiger partial charge in [0.15, 0.2) is 0 Å². The first-order valence-corrected chi connectivity index (χ1v) is 6.69. The Balaban J connectivity index is 0.00000200. The Morgan fingerprint density at radius 3 is 2.10 bits per heavy atom. The van der Waals surface area contributed by atoms with Crippen LogP contribution in [0.3, 0.4) is 0 Å². The zero-order valence-corrected chi connectivity index (χ0v) is 14.0. The summed E-state index contributed by atoms with van der Waals surface area (Å²) in [7, 11) is 0. The molecule has 0 unspecified atom stereocenters. The minimum absolute atomic E-state index is 0. The van der Waals surface area contributed by atoms with E-state index in [1.807, 2.05) is 31.2 Å². The van der Waals surface area contributed by atoms with Gasteiger partial charge in [-0.25, -0.2) is 0 Å². The molecule has 0 N–H and O–H groups in total. The van der Waals surface area contributed by atoms with Crippen molar-refractivity contribution in [2.45, 2.75) is 20.3 Å². The van der Waals surface area contributed by atoms with E-state index in [0.717, 1.165) is 17.9 Å². The smallest absolute Gasteiger partial charge is 0.122 e. The van der Waals surface area contributed by atoms with Crippen LogP contribution in [0.1, 0.15) is 18.1 Å². The Hall–Kier alpha value is -1.38. The van der Waals surface area contributed by atoms with E-state index in [4.69, 9.17) is 9.47 Å². The summed E-state index contributed by atoms with van der Waals surface area (Å²) >= 11 is 0. The Labute approximate surface area is 139 Å². The van der Waals surface area contributed by atoms with Crippen LogP contribution in [0.15, 0.2) is 48.5 Å². The number of ether oxygens (including phenoxy) is 2. The fourth-order valence-electron chi connectivity index (χ4n) is 1.86. The normalized spacial score (nSPS) is 9.24. The molecule has 0 bridgehead atoms. The predicted octanol–water partition coefficient (Wildman–Crippen LogP) is 4.86. The maximum atomic E-state index is 5.75. The highest BCUT2D eigenvalue weighted by Crippen LogP contribution is 2.19. The quantitative estimate of drug-likeness (QED) is 0.753. The first kappa shape index (κ1) is 19.6. The van der Waals surface area contributed by atoms with E-state index in [1.54, 1.807) is 0 Å². The lowest BCUT2D eigenvalue weighted by Gasteiger charge is -2.08. The molecule has 2 aromatic carbocycles. The van der Waals surface area contributed by atoms with Gasteiger partial charge < -0.3 is 9.47 Å². The maximum Gasteiger partial charge on any atom is 0.122 e. The highest BCUT2D eigenvalue weighted by molar-refractivity contribution is 5.85. The number of hydrogen-bond donors (Lipinski definition) is 0. The van der Waals surface area contributed by atoms with E-state index in [-0.39, 0.29) is 24.8 Å². The molecule has 4 heteroatoms. The van der Waals surface area contributed by atoms with Gasteiger partial charge in [-0.1, -0.05) is 35.9 Å². The molecule has 0 aromatic heterocycles. The van der Waals surface area contributed by atoms with E-state index < -0.39 is 0 Å². The number of benzene rings is 2. The van der Waals surface area contributed by atoms with E-state index in [2.05, 4.69) is 31.2 Å². The van der Waals surface area contributed by atoms with E-state index >= 15 is 0 Å². The zero-order chi connectivity index (χ0) is 13.5. The van der Waals surface area contributed by atoms with Gasteiger partial charge in [-0.2, -0.15) is 0 Å². The molecule has 21 heavy (non-hydrogen) atoms. The number of hydrogen-bond acceptors (Lipinski definition) is 2. The minimum Gasteiger partial charge on any atom is -0.494 e. The summed E-state index contributed by atoms with van der Waals surface area (Å²) in [5.74, 6) is 1.72. The molecule has 0 saturated heterocycles. The van der Waals surface area contributed by atoms with Crippen LogP contribution in [-0.2, 0) is 6.42 Å². The topological polar surface area (TPSA) is 18.5 Å². The third-order valence-corrected chi connectivity index (χ3v) is 2.90. The van der Waals surface area contributed by atoms with Crippen molar-refractivity contribution in [3.63, 3.8) is 0 Å². The molecule has 0 spiro atoms. The highest BCUT2D eigenvalue weighted by Gasteiger charge is 1.98. The molecule has 0 amide bonds. The molecule has 0 atom stereocenters. The van der Waals surface area contributed by atoms with Crippen LogP contribution in [-0.4, -0.2) is 13.2 Å². The zero-order valence-electron chi connectivity index (χ0n) is 12.4. The second-order valence-corrected chi connectivity index (χ2v) is 4.49. The van der Waals surface area contributed by atoms with E-state index in [9.17, 15) is 0 Å². The lowest BCUT2D eigenvalue weighted by atomic mass is 10.1. The molecular weight excluding hydrogens is 307 g/mol. The number of aryl methyl sites for hydroxylation is 1. The SMILES string of the molecule is CCOc1cccc(OCCc2ccc(C)cc2)c1.Cl.Cl. The monoisotopic (exact) mass is 328 g/mol. The van der Waals surface area contributed by atoms with E-state index in [1.165, 1.54) is 11.1 Å². The van der Waals surface area contributed by atoms with Crippen molar-refractivity contribution in [2.75, 3.05) is 13.2 Å². The highest BCUT2D eigenvalue weighted by atomic mass is 35.5. The average Bonchev–Trinajstić information content (AvgIpc) is 2.42. The number of halogens is 2. The van der Waals surface area contributed by atoms with Gasteiger partial charge in [0.25, 0.3) is 0 Å². The van der Waals surface area contributed by atoms with Crippen LogP contribution in [0, 0.1) is 6.92 Å². The van der Waals surface area contributed by atoms with Gasteiger partial charge in [0.1, 0.15) is 11.5 Å². The average molecular weight is 329 g/mol. The second kappa shape index (κ2) is 10.4. The summed E-state index contributed by atoms with van der Waals surface area (Å²) < 4.78 is 11.2. The molecule has 0 heterocycles. The number of rotatable bonds is 6. The fraction of sp³-hybridized carbons (Fsp3) is 0.294. The van der Waals surface area contributed by atoms with Crippen LogP contribution in [0.25, 0.3) is 0 Å². The van der Waals surface area contributed by atoms with Crippen molar-refractivity contribution in [3.8, 4) is 11.5 Å². The van der Waals surface area contributed by atoms with Crippen molar-refractivity contribution in [1.82, 2.24) is 0 Å². The van der Waals surface area contributed by atoms with Gasteiger partial charge in [0.2, 0.25) is 0 Å². The first-order chi connectivity index (χ1) is 9.28. The Morgan fingerprint density at radius 2 is 1.48 bits per heavy atom. The molecule has 0 fully saturated rings. The Kier molecular flexibility index (Phi) is 9.68. The van der Waals surface area contributed by atoms with Crippen molar-refractivity contribution < 1.29 is 9.47 Å². The Bertz CT molecular complexity index is 512.